The highest BCUT2D eigenvalue weighted by Gasteiger charge is 2.37. The molecule has 1 aliphatic heterocycles. The number of hydrogen-bond donors (Lipinski definition) is 0. The van der Waals surface area contributed by atoms with Gasteiger partial charge in [0.25, 0.3) is 0 Å². The number of nitrogens with zero attached hydrogens (tertiary/aromatic N) is 1. The zero-order valence-electron chi connectivity index (χ0n) is 15.7. The number of ether oxygens (including phenoxy) is 1. The highest BCUT2D eigenvalue weighted by atomic mass is 35.5. The van der Waals surface area contributed by atoms with Crippen molar-refractivity contribution >= 4 is 29.1 Å². The largest absolute Gasteiger partial charge is 0.416 e. The molecule has 2 aromatic rings. The quantitative estimate of drug-likeness (QED) is 0.486. The summed E-state index contributed by atoms with van der Waals surface area (Å²) in [7, 11) is 0. The molecule has 0 aliphatic carbocycles. The SMILES string of the molecule is O=C(Cc1cc(C(F)(F)F)cc(C(F)(F)F)c1)N1CCOC(c2ccc(Cl)c(Cl)c2)C1. The summed E-state index contributed by atoms with van der Waals surface area (Å²) in [6.07, 6.45) is -11.1. The normalized spacial score (nSPS) is 17.7. The summed E-state index contributed by atoms with van der Waals surface area (Å²) in [6, 6.07) is 5.95. The minimum Gasteiger partial charge on any atom is -0.370 e. The highest BCUT2D eigenvalue weighted by molar-refractivity contribution is 6.42. The second kappa shape index (κ2) is 8.88. The lowest BCUT2D eigenvalue weighted by atomic mass is 10.0. The second-order valence-electron chi connectivity index (χ2n) is 6.96. The van der Waals surface area contributed by atoms with E-state index in [9.17, 15) is 31.1 Å². The Morgan fingerprint density at radius 2 is 1.58 bits per heavy atom. The van der Waals surface area contributed by atoms with E-state index >= 15 is 0 Å². The number of benzene rings is 2. The van der Waals surface area contributed by atoms with Crippen molar-refractivity contribution in [1.29, 1.82) is 0 Å². The summed E-state index contributed by atoms with van der Waals surface area (Å²) >= 11 is 11.9. The van der Waals surface area contributed by atoms with Gasteiger partial charge in [-0.2, -0.15) is 26.3 Å². The Kier molecular flexibility index (Phi) is 6.78. The van der Waals surface area contributed by atoms with Crippen LogP contribution in [0.1, 0.15) is 28.4 Å². The van der Waals surface area contributed by atoms with E-state index < -0.39 is 41.9 Å². The zero-order chi connectivity index (χ0) is 23.0. The number of carbonyl (C=O) groups excluding carboxylic acids is 1. The molecule has 2 aromatic carbocycles. The van der Waals surface area contributed by atoms with E-state index in [1.165, 1.54) is 4.90 Å². The van der Waals surface area contributed by atoms with Gasteiger partial charge >= 0.3 is 12.4 Å². The van der Waals surface area contributed by atoms with Gasteiger partial charge in [0, 0.05) is 6.54 Å². The number of halogens is 8. The molecule has 0 N–H and O–H groups in total. The van der Waals surface area contributed by atoms with Crippen LogP contribution in [0.4, 0.5) is 26.3 Å². The van der Waals surface area contributed by atoms with E-state index in [-0.39, 0.29) is 36.3 Å². The van der Waals surface area contributed by atoms with E-state index in [2.05, 4.69) is 0 Å². The van der Waals surface area contributed by atoms with Crippen LogP contribution < -0.4 is 0 Å². The average Bonchev–Trinajstić information content (AvgIpc) is 2.68. The molecule has 0 aromatic heterocycles. The number of carbonyl (C=O) groups is 1. The van der Waals surface area contributed by atoms with Crippen LogP contribution in [0.5, 0.6) is 0 Å². The first-order chi connectivity index (χ1) is 14.3. The van der Waals surface area contributed by atoms with Gasteiger partial charge < -0.3 is 9.64 Å². The molecule has 168 valence electrons. The lowest BCUT2D eigenvalue weighted by molar-refractivity contribution is -0.144. The number of rotatable bonds is 3. The average molecular weight is 486 g/mol. The fraction of sp³-hybridized carbons (Fsp3) is 0.350. The minimum atomic E-state index is -4.98. The third kappa shape index (κ3) is 5.84. The van der Waals surface area contributed by atoms with Gasteiger partial charge in [0.2, 0.25) is 5.91 Å². The van der Waals surface area contributed by atoms with Gasteiger partial charge in [-0.1, -0.05) is 29.3 Å². The van der Waals surface area contributed by atoms with Crippen LogP contribution in [-0.2, 0) is 28.3 Å². The van der Waals surface area contributed by atoms with E-state index in [0.717, 1.165) is 0 Å². The molecular formula is C20H15Cl2F6NO2. The van der Waals surface area contributed by atoms with Crippen molar-refractivity contribution < 1.29 is 35.9 Å². The molecule has 0 bridgehead atoms. The third-order valence-electron chi connectivity index (χ3n) is 4.74. The summed E-state index contributed by atoms with van der Waals surface area (Å²) in [5, 5.41) is 0.619. The zero-order valence-corrected chi connectivity index (χ0v) is 17.2. The molecule has 1 heterocycles. The van der Waals surface area contributed by atoms with E-state index in [1.54, 1.807) is 18.2 Å². The van der Waals surface area contributed by atoms with Crippen molar-refractivity contribution in [3.63, 3.8) is 0 Å². The lowest BCUT2D eigenvalue weighted by Crippen LogP contribution is -2.43. The number of amides is 1. The molecule has 0 spiro atoms. The van der Waals surface area contributed by atoms with Crippen molar-refractivity contribution in [2.24, 2.45) is 0 Å². The predicted octanol–water partition coefficient (Wildman–Crippen LogP) is 6.17. The lowest BCUT2D eigenvalue weighted by Gasteiger charge is -2.33. The third-order valence-corrected chi connectivity index (χ3v) is 5.48. The summed E-state index contributed by atoms with van der Waals surface area (Å²) in [4.78, 5) is 14.0. The minimum absolute atomic E-state index is 0.0308. The first kappa shape index (κ1) is 23.7. The Morgan fingerprint density at radius 1 is 0.968 bits per heavy atom. The Morgan fingerprint density at radius 3 is 2.13 bits per heavy atom. The predicted molar refractivity (Wildman–Crippen MR) is 102 cm³/mol. The first-order valence-corrected chi connectivity index (χ1v) is 9.73. The Labute approximate surface area is 183 Å². The molecule has 3 nitrogen and oxygen atoms in total. The van der Waals surface area contributed by atoms with E-state index in [1.807, 2.05) is 0 Å². The summed E-state index contributed by atoms with van der Waals surface area (Å²) in [5.41, 5.74) is -2.64. The van der Waals surface area contributed by atoms with Gasteiger partial charge in [-0.3, -0.25) is 4.79 Å². The van der Waals surface area contributed by atoms with Crippen molar-refractivity contribution in [1.82, 2.24) is 4.90 Å². The monoisotopic (exact) mass is 485 g/mol. The maximum Gasteiger partial charge on any atom is 0.416 e. The summed E-state index contributed by atoms with van der Waals surface area (Å²) < 4.78 is 83.8. The van der Waals surface area contributed by atoms with Crippen molar-refractivity contribution in [3.05, 3.63) is 68.7 Å². The van der Waals surface area contributed by atoms with Crippen LogP contribution in [0.25, 0.3) is 0 Å². The molecule has 1 saturated heterocycles. The molecule has 0 radical (unpaired) electrons. The number of morpholine rings is 1. The molecule has 31 heavy (non-hydrogen) atoms. The van der Waals surface area contributed by atoms with Gasteiger partial charge in [-0.25, -0.2) is 0 Å². The Balaban J connectivity index is 1.79. The number of alkyl halides is 6. The first-order valence-electron chi connectivity index (χ1n) is 8.97. The fourth-order valence-corrected chi connectivity index (χ4v) is 3.50. The smallest absolute Gasteiger partial charge is 0.370 e. The summed E-state index contributed by atoms with van der Waals surface area (Å²) in [6.45, 7) is 0.372. The molecule has 11 heteroatoms. The van der Waals surface area contributed by atoms with Crippen LogP contribution in [0.15, 0.2) is 36.4 Å². The maximum atomic E-state index is 13.0. The van der Waals surface area contributed by atoms with Crippen LogP contribution in [0.2, 0.25) is 10.0 Å². The molecule has 1 atom stereocenters. The molecule has 1 aliphatic rings. The Hall–Kier alpha value is -1.97. The van der Waals surface area contributed by atoms with Gasteiger partial charge in [-0.15, -0.1) is 0 Å². The molecule has 3 rings (SSSR count). The van der Waals surface area contributed by atoms with Crippen molar-refractivity contribution in [2.75, 3.05) is 19.7 Å². The van der Waals surface area contributed by atoms with Crippen LogP contribution in [0.3, 0.4) is 0 Å². The standard InChI is InChI=1S/C20H15Cl2F6NO2/c21-15-2-1-12(8-16(15)22)17-10-29(3-4-31-17)18(30)7-11-5-13(19(23,24)25)9-14(6-11)20(26,27)28/h1-2,5-6,8-9,17H,3-4,7,10H2. The molecular weight excluding hydrogens is 471 g/mol. The van der Waals surface area contributed by atoms with Crippen molar-refractivity contribution in [3.8, 4) is 0 Å². The van der Waals surface area contributed by atoms with E-state index in [4.69, 9.17) is 27.9 Å². The topological polar surface area (TPSA) is 29.5 Å². The van der Waals surface area contributed by atoms with Crippen LogP contribution in [0, 0.1) is 0 Å². The van der Waals surface area contributed by atoms with E-state index in [0.29, 0.717) is 22.7 Å². The molecule has 1 amide bonds. The molecule has 1 unspecified atom stereocenters. The van der Waals surface area contributed by atoms with Crippen LogP contribution in [-0.4, -0.2) is 30.5 Å². The van der Waals surface area contributed by atoms with Gasteiger partial charge in [-0.05, 0) is 41.5 Å². The number of hydrogen-bond acceptors (Lipinski definition) is 2. The van der Waals surface area contributed by atoms with Crippen molar-refractivity contribution in [2.45, 2.75) is 24.9 Å². The second-order valence-corrected chi connectivity index (χ2v) is 7.78. The fourth-order valence-electron chi connectivity index (χ4n) is 3.20. The molecule has 0 saturated carbocycles. The van der Waals surface area contributed by atoms with Gasteiger partial charge in [0.05, 0.1) is 40.7 Å². The van der Waals surface area contributed by atoms with Gasteiger partial charge in [0.15, 0.2) is 0 Å². The Bertz CT molecular complexity index is 945. The molecule has 1 fully saturated rings. The van der Waals surface area contributed by atoms with Crippen LogP contribution >= 0.6 is 23.2 Å². The van der Waals surface area contributed by atoms with Gasteiger partial charge in [0.1, 0.15) is 6.10 Å². The summed E-state index contributed by atoms with van der Waals surface area (Å²) in [5.74, 6) is -0.610. The highest BCUT2D eigenvalue weighted by Crippen LogP contribution is 2.36. The maximum absolute atomic E-state index is 13.0.